The smallest absolute Gasteiger partial charge is 0.410 e. The summed E-state index contributed by atoms with van der Waals surface area (Å²) in [4.78, 5) is 13.8. The maximum absolute atomic E-state index is 13.6. The zero-order valence-electron chi connectivity index (χ0n) is 12.6. The molecule has 1 unspecified atom stereocenters. The summed E-state index contributed by atoms with van der Waals surface area (Å²) in [7, 11) is 0. The van der Waals surface area contributed by atoms with E-state index in [-0.39, 0.29) is 11.7 Å². The molecule has 0 aromatic heterocycles. The molecule has 1 aliphatic rings. The van der Waals surface area contributed by atoms with Crippen molar-refractivity contribution in [3.8, 4) is 0 Å². The lowest BCUT2D eigenvalue weighted by atomic mass is 10.0. The number of carbonyl (C=O) groups is 1. The summed E-state index contributed by atoms with van der Waals surface area (Å²) in [6.45, 7) is 6.58. The molecule has 6 heteroatoms. The van der Waals surface area contributed by atoms with E-state index in [9.17, 15) is 9.18 Å². The molecule has 0 bridgehead atoms. The van der Waals surface area contributed by atoms with Crippen molar-refractivity contribution in [2.24, 2.45) is 0 Å². The molecule has 116 valence electrons. The van der Waals surface area contributed by atoms with Crippen LogP contribution in [0.25, 0.3) is 0 Å². The third-order valence-corrected chi connectivity index (χ3v) is 3.17. The second-order valence-electron chi connectivity index (χ2n) is 6.05. The molecule has 2 rings (SSSR count). The van der Waals surface area contributed by atoms with Crippen molar-refractivity contribution in [3.05, 3.63) is 29.6 Å². The molecule has 1 aromatic rings. The molecular formula is C15H21FN2O3. The molecule has 0 saturated carbocycles. The number of halogens is 1. The zero-order chi connectivity index (χ0) is 15.6. The molecule has 0 aliphatic carbocycles. The van der Waals surface area contributed by atoms with Crippen molar-refractivity contribution < 1.29 is 18.7 Å². The molecule has 1 aliphatic heterocycles. The van der Waals surface area contributed by atoms with Crippen molar-refractivity contribution in [1.82, 2.24) is 4.90 Å². The van der Waals surface area contributed by atoms with Crippen LogP contribution in [0.2, 0.25) is 0 Å². The highest BCUT2D eigenvalue weighted by atomic mass is 19.1. The van der Waals surface area contributed by atoms with Crippen LogP contribution in [0, 0.1) is 5.82 Å². The summed E-state index contributed by atoms with van der Waals surface area (Å²) >= 11 is 0. The number of morpholine rings is 1. The van der Waals surface area contributed by atoms with Crippen LogP contribution in [0.3, 0.4) is 0 Å². The molecule has 0 spiro atoms. The van der Waals surface area contributed by atoms with Crippen molar-refractivity contribution in [2.75, 3.05) is 25.5 Å². The van der Waals surface area contributed by atoms with Gasteiger partial charge in [-0.05, 0) is 38.5 Å². The Morgan fingerprint density at radius 2 is 2.19 bits per heavy atom. The van der Waals surface area contributed by atoms with Gasteiger partial charge in [-0.15, -0.1) is 0 Å². The van der Waals surface area contributed by atoms with E-state index in [1.165, 1.54) is 12.1 Å². The number of hydrogen-bond acceptors (Lipinski definition) is 4. The van der Waals surface area contributed by atoms with Crippen LogP contribution in [-0.4, -0.2) is 36.4 Å². The minimum Gasteiger partial charge on any atom is -0.444 e. The fourth-order valence-corrected chi connectivity index (χ4v) is 2.17. The maximum atomic E-state index is 13.6. The average Bonchev–Trinajstić information content (AvgIpc) is 2.40. The van der Waals surface area contributed by atoms with Crippen molar-refractivity contribution >= 4 is 11.8 Å². The van der Waals surface area contributed by atoms with Crippen molar-refractivity contribution in [3.63, 3.8) is 0 Å². The second kappa shape index (κ2) is 5.89. The molecule has 1 aromatic carbocycles. The van der Waals surface area contributed by atoms with Gasteiger partial charge in [0, 0.05) is 6.54 Å². The van der Waals surface area contributed by atoms with Crippen molar-refractivity contribution in [2.45, 2.75) is 32.4 Å². The van der Waals surface area contributed by atoms with Crippen molar-refractivity contribution in [1.29, 1.82) is 0 Å². The highest BCUT2D eigenvalue weighted by Gasteiger charge is 2.32. The Balaban J connectivity index is 2.22. The number of carbonyl (C=O) groups excluding carboxylic acids is 1. The molecule has 5 nitrogen and oxygen atoms in total. The summed E-state index contributed by atoms with van der Waals surface area (Å²) in [6.07, 6.45) is -0.423. The predicted octanol–water partition coefficient (Wildman–Crippen LogP) is 2.72. The third-order valence-electron chi connectivity index (χ3n) is 3.17. The van der Waals surface area contributed by atoms with E-state index < -0.39 is 17.5 Å². The van der Waals surface area contributed by atoms with Crippen LogP contribution in [0.15, 0.2) is 18.2 Å². The van der Waals surface area contributed by atoms with E-state index in [1.54, 1.807) is 11.0 Å². The summed E-state index contributed by atoms with van der Waals surface area (Å²) in [5, 5.41) is 0. The van der Waals surface area contributed by atoms with E-state index in [1.807, 2.05) is 20.8 Å². The normalized spacial score (nSPS) is 19.4. The van der Waals surface area contributed by atoms with Gasteiger partial charge in [-0.2, -0.15) is 0 Å². The number of nitrogens with two attached hydrogens (primary N) is 1. The number of nitrogens with zero attached hydrogens (tertiary/aromatic N) is 1. The standard InChI is InChI=1S/C15H21FN2O3/c1-15(2,3)21-14(19)18-6-7-20-9-13(18)10-4-5-12(17)11(16)8-10/h4-5,8,13H,6-7,9,17H2,1-3H3. The Morgan fingerprint density at radius 1 is 1.48 bits per heavy atom. The maximum Gasteiger partial charge on any atom is 0.410 e. The summed E-state index contributed by atoms with van der Waals surface area (Å²) < 4.78 is 24.4. The van der Waals surface area contributed by atoms with Crippen LogP contribution < -0.4 is 5.73 Å². The molecule has 1 atom stereocenters. The van der Waals surface area contributed by atoms with Gasteiger partial charge in [0.2, 0.25) is 0 Å². The first kappa shape index (κ1) is 15.6. The molecule has 1 fully saturated rings. The predicted molar refractivity (Wildman–Crippen MR) is 77.3 cm³/mol. The molecule has 2 N–H and O–H groups in total. The average molecular weight is 296 g/mol. The van der Waals surface area contributed by atoms with Crippen LogP contribution in [0.5, 0.6) is 0 Å². The van der Waals surface area contributed by atoms with Gasteiger partial charge in [0.1, 0.15) is 11.4 Å². The van der Waals surface area contributed by atoms with E-state index >= 15 is 0 Å². The lowest BCUT2D eigenvalue weighted by molar-refractivity contribution is -0.0331. The van der Waals surface area contributed by atoms with Gasteiger partial charge in [-0.25, -0.2) is 9.18 Å². The van der Waals surface area contributed by atoms with Crippen LogP contribution in [0.4, 0.5) is 14.9 Å². The largest absolute Gasteiger partial charge is 0.444 e. The zero-order valence-corrected chi connectivity index (χ0v) is 12.6. The Bertz CT molecular complexity index is 528. The second-order valence-corrected chi connectivity index (χ2v) is 6.05. The molecular weight excluding hydrogens is 275 g/mol. The number of rotatable bonds is 1. The lowest BCUT2D eigenvalue weighted by Crippen LogP contribution is -2.45. The Hall–Kier alpha value is -1.82. The fourth-order valence-electron chi connectivity index (χ4n) is 2.17. The third kappa shape index (κ3) is 3.85. The van der Waals surface area contributed by atoms with Gasteiger partial charge < -0.3 is 15.2 Å². The first-order chi connectivity index (χ1) is 9.78. The monoisotopic (exact) mass is 296 g/mol. The Labute approximate surface area is 123 Å². The highest BCUT2D eigenvalue weighted by molar-refractivity contribution is 5.69. The summed E-state index contributed by atoms with van der Waals surface area (Å²) in [5.74, 6) is -0.498. The molecule has 1 heterocycles. The first-order valence-electron chi connectivity index (χ1n) is 6.90. The minimum atomic E-state index is -0.577. The van der Waals surface area contributed by atoms with E-state index in [4.69, 9.17) is 15.2 Å². The Kier molecular flexibility index (Phi) is 4.37. The van der Waals surface area contributed by atoms with Crippen LogP contribution >= 0.6 is 0 Å². The minimum absolute atomic E-state index is 0.0827. The Morgan fingerprint density at radius 3 is 2.81 bits per heavy atom. The number of amides is 1. The van der Waals surface area contributed by atoms with Crippen LogP contribution in [0.1, 0.15) is 32.4 Å². The number of ether oxygens (including phenoxy) is 2. The van der Waals surface area contributed by atoms with E-state index in [2.05, 4.69) is 0 Å². The number of hydrogen-bond donors (Lipinski definition) is 1. The summed E-state index contributed by atoms with van der Waals surface area (Å²) in [5.41, 5.74) is 5.64. The number of anilines is 1. The quantitative estimate of drug-likeness (QED) is 0.809. The number of nitrogen functional groups attached to an aromatic ring is 1. The van der Waals surface area contributed by atoms with Gasteiger partial charge in [0.25, 0.3) is 0 Å². The molecule has 21 heavy (non-hydrogen) atoms. The highest BCUT2D eigenvalue weighted by Crippen LogP contribution is 2.27. The summed E-state index contributed by atoms with van der Waals surface area (Å²) in [6, 6.07) is 4.16. The lowest BCUT2D eigenvalue weighted by Gasteiger charge is -2.36. The van der Waals surface area contributed by atoms with Crippen LogP contribution in [-0.2, 0) is 9.47 Å². The van der Waals surface area contributed by atoms with E-state index in [0.717, 1.165) is 0 Å². The van der Waals surface area contributed by atoms with E-state index in [0.29, 0.717) is 25.3 Å². The molecule has 1 amide bonds. The molecule has 1 saturated heterocycles. The van der Waals surface area contributed by atoms with Gasteiger partial charge >= 0.3 is 6.09 Å². The van der Waals surface area contributed by atoms with Gasteiger partial charge in [-0.3, -0.25) is 4.90 Å². The first-order valence-corrected chi connectivity index (χ1v) is 6.90. The topological polar surface area (TPSA) is 64.8 Å². The van der Waals surface area contributed by atoms with Gasteiger partial charge in [-0.1, -0.05) is 6.07 Å². The van der Waals surface area contributed by atoms with Gasteiger partial charge in [0.15, 0.2) is 0 Å². The number of benzene rings is 1. The SMILES string of the molecule is CC(C)(C)OC(=O)N1CCOCC1c1ccc(N)c(F)c1. The fraction of sp³-hybridized carbons (Fsp3) is 0.533. The molecule has 0 radical (unpaired) electrons. The van der Waals surface area contributed by atoms with Gasteiger partial charge in [0.05, 0.1) is 24.9 Å².